The van der Waals surface area contributed by atoms with E-state index in [4.69, 9.17) is 0 Å². The standard InChI is InChI=1S/C10H14O2S/c1-9-5-3-4-6-10(2,8-7-9)13(9,11)12/h3,5,7-8H,4,6H2,1-2H3/t9-,10-/m1/s1. The Bertz CT molecular complexity index is 391. The Morgan fingerprint density at radius 2 is 1.85 bits per heavy atom. The van der Waals surface area contributed by atoms with E-state index in [1.807, 2.05) is 31.2 Å². The van der Waals surface area contributed by atoms with Gasteiger partial charge in [0.05, 0.1) is 4.75 Å². The predicted octanol–water partition coefficient (Wildman–Crippen LogP) is 1.84. The van der Waals surface area contributed by atoms with Crippen LogP contribution >= 0.6 is 0 Å². The lowest BCUT2D eigenvalue weighted by molar-refractivity contribution is 0.550. The maximum Gasteiger partial charge on any atom is 0.171 e. The van der Waals surface area contributed by atoms with Crippen molar-refractivity contribution in [3.8, 4) is 0 Å². The molecule has 13 heavy (non-hydrogen) atoms. The molecule has 2 bridgehead atoms. The number of hydrogen-bond acceptors (Lipinski definition) is 2. The van der Waals surface area contributed by atoms with E-state index >= 15 is 0 Å². The van der Waals surface area contributed by atoms with Gasteiger partial charge >= 0.3 is 0 Å². The molecular weight excluding hydrogens is 184 g/mol. The molecule has 72 valence electrons. The number of rotatable bonds is 0. The minimum atomic E-state index is -3.06. The van der Waals surface area contributed by atoms with Gasteiger partial charge in [-0.3, -0.25) is 0 Å². The van der Waals surface area contributed by atoms with Gasteiger partial charge in [-0.1, -0.05) is 24.3 Å². The van der Waals surface area contributed by atoms with Crippen molar-refractivity contribution in [2.75, 3.05) is 0 Å². The highest BCUT2D eigenvalue weighted by Gasteiger charge is 2.52. The first-order valence-corrected chi connectivity index (χ1v) is 6.02. The summed E-state index contributed by atoms with van der Waals surface area (Å²) >= 11 is 0. The Balaban J connectivity index is 2.69. The third kappa shape index (κ3) is 0.909. The van der Waals surface area contributed by atoms with Crippen molar-refractivity contribution in [1.29, 1.82) is 0 Å². The molecule has 2 rings (SSSR count). The first kappa shape index (κ1) is 9.00. The number of sulfone groups is 1. The van der Waals surface area contributed by atoms with E-state index < -0.39 is 19.3 Å². The van der Waals surface area contributed by atoms with Crippen molar-refractivity contribution in [1.82, 2.24) is 0 Å². The van der Waals surface area contributed by atoms with Crippen molar-refractivity contribution >= 4 is 9.84 Å². The van der Waals surface area contributed by atoms with E-state index in [9.17, 15) is 8.42 Å². The molecule has 0 aromatic rings. The van der Waals surface area contributed by atoms with Gasteiger partial charge in [0.2, 0.25) is 0 Å². The lowest BCUT2D eigenvalue weighted by atomic mass is 9.98. The molecule has 3 heteroatoms. The zero-order chi connectivity index (χ0) is 9.74. The molecule has 0 N–H and O–H groups in total. The Labute approximate surface area is 79.3 Å². The van der Waals surface area contributed by atoms with Gasteiger partial charge in [0.15, 0.2) is 9.84 Å². The quantitative estimate of drug-likeness (QED) is 0.556. The lowest BCUT2D eigenvalue weighted by Gasteiger charge is -2.25. The molecule has 0 radical (unpaired) electrons. The first-order valence-electron chi connectivity index (χ1n) is 4.54. The van der Waals surface area contributed by atoms with Crippen LogP contribution in [0.3, 0.4) is 0 Å². The van der Waals surface area contributed by atoms with E-state index in [0.29, 0.717) is 6.42 Å². The Hall–Kier alpha value is -0.570. The van der Waals surface area contributed by atoms with E-state index in [0.717, 1.165) is 6.42 Å². The van der Waals surface area contributed by atoms with E-state index in [1.54, 1.807) is 6.92 Å². The maximum absolute atomic E-state index is 12.1. The van der Waals surface area contributed by atoms with Crippen LogP contribution in [0.2, 0.25) is 0 Å². The van der Waals surface area contributed by atoms with E-state index in [2.05, 4.69) is 0 Å². The third-order valence-electron chi connectivity index (χ3n) is 3.22. The summed E-state index contributed by atoms with van der Waals surface area (Å²) in [6, 6.07) is 0. The molecule has 2 nitrogen and oxygen atoms in total. The summed E-state index contributed by atoms with van der Waals surface area (Å²) in [7, 11) is -3.06. The second-order valence-electron chi connectivity index (χ2n) is 4.27. The molecule has 0 saturated heterocycles. The Morgan fingerprint density at radius 1 is 1.15 bits per heavy atom. The van der Waals surface area contributed by atoms with Crippen LogP contribution in [0, 0.1) is 0 Å². The average molecular weight is 198 g/mol. The minimum Gasteiger partial charge on any atom is -0.227 e. The summed E-state index contributed by atoms with van der Waals surface area (Å²) < 4.78 is 22.9. The highest BCUT2D eigenvalue weighted by atomic mass is 32.2. The van der Waals surface area contributed by atoms with Crippen LogP contribution in [0.25, 0.3) is 0 Å². The monoisotopic (exact) mass is 198 g/mol. The second kappa shape index (κ2) is 2.27. The van der Waals surface area contributed by atoms with Gasteiger partial charge in [0.25, 0.3) is 0 Å². The third-order valence-corrected chi connectivity index (χ3v) is 6.21. The summed E-state index contributed by atoms with van der Waals surface area (Å²) in [5.74, 6) is 0. The van der Waals surface area contributed by atoms with Crippen molar-refractivity contribution in [2.45, 2.75) is 36.2 Å². The molecule has 0 fully saturated rings. The van der Waals surface area contributed by atoms with Gasteiger partial charge in [-0.25, -0.2) is 8.42 Å². The van der Waals surface area contributed by atoms with Crippen LogP contribution in [0.1, 0.15) is 26.7 Å². The fourth-order valence-corrected chi connectivity index (χ4v) is 4.23. The van der Waals surface area contributed by atoms with E-state index in [1.165, 1.54) is 0 Å². The highest BCUT2D eigenvalue weighted by molar-refractivity contribution is 7.95. The first-order chi connectivity index (χ1) is 5.91. The fraction of sp³-hybridized carbons (Fsp3) is 0.600. The van der Waals surface area contributed by atoms with Crippen LogP contribution in [0.5, 0.6) is 0 Å². The molecule has 2 heterocycles. The van der Waals surface area contributed by atoms with Gasteiger partial charge in [0, 0.05) is 0 Å². The second-order valence-corrected chi connectivity index (χ2v) is 7.09. The predicted molar refractivity (Wildman–Crippen MR) is 53.2 cm³/mol. The number of allylic oxidation sites excluding steroid dienone is 1. The van der Waals surface area contributed by atoms with E-state index in [-0.39, 0.29) is 0 Å². The molecular formula is C10H14O2S. The maximum atomic E-state index is 12.1. The normalized spacial score (nSPS) is 46.3. The molecule has 0 spiro atoms. The summed E-state index contributed by atoms with van der Waals surface area (Å²) in [5.41, 5.74) is 0. The van der Waals surface area contributed by atoms with Crippen LogP contribution < -0.4 is 0 Å². The number of hydrogen-bond donors (Lipinski definition) is 0. The summed E-state index contributed by atoms with van der Waals surface area (Å²) in [4.78, 5) is 0. The Morgan fingerprint density at radius 3 is 2.54 bits per heavy atom. The van der Waals surface area contributed by atoms with Crippen molar-refractivity contribution in [3.63, 3.8) is 0 Å². The van der Waals surface area contributed by atoms with Gasteiger partial charge in [-0.15, -0.1) is 0 Å². The molecule has 0 aliphatic carbocycles. The van der Waals surface area contributed by atoms with Gasteiger partial charge < -0.3 is 0 Å². The van der Waals surface area contributed by atoms with Crippen LogP contribution in [0.4, 0.5) is 0 Å². The minimum absolute atomic E-state index is 0.634. The topological polar surface area (TPSA) is 34.1 Å². The van der Waals surface area contributed by atoms with Gasteiger partial charge in [0.1, 0.15) is 4.75 Å². The molecule has 2 aliphatic rings. The fourth-order valence-electron chi connectivity index (χ4n) is 2.07. The zero-order valence-electron chi connectivity index (χ0n) is 7.95. The van der Waals surface area contributed by atoms with Gasteiger partial charge in [-0.2, -0.15) is 0 Å². The van der Waals surface area contributed by atoms with Crippen LogP contribution in [-0.4, -0.2) is 17.9 Å². The Kier molecular flexibility index (Phi) is 1.57. The summed E-state index contributed by atoms with van der Waals surface area (Å²) in [6.45, 7) is 3.59. The zero-order valence-corrected chi connectivity index (χ0v) is 8.76. The molecule has 0 amide bonds. The van der Waals surface area contributed by atoms with Crippen LogP contribution in [0.15, 0.2) is 24.3 Å². The largest absolute Gasteiger partial charge is 0.227 e. The number of fused-ring (bicyclic) bond motifs is 2. The molecule has 0 unspecified atom stereocenters. The average Bonchev–Trinajstić information content (AvgIpc) is 2.15. The SMILES string of the molecule is C[C@@]12C=CCC[C@](C)(C=C1)S2(=O)=O. The molecule has 2 atom stereocenters. The van der Waals surface area contributed by atoms with Gasteiger partial charge in [-0.05, 0) is 26.7 Å². The summed E-state index contributed by atoms with van der Waals surface area (Å²) in [6.07, 6.45) is 9.03. The molecule has 2 aliphatic heterocycles. The molecule has 0 saturated carbocycles. The van der Waals surface area contributed by atoms with Crippen molar-refractivity contribution in [2.24, 2.45) is 0 Å². The van der Waals surface area contributed by atoms with Crippen molar-refractivity contribution < 1.29 is 8.42 Å². The smallest absolute Gasteiger partial charge is 0.171 e. The highest BCUT2D eigenvalue weighted by Crippen LogP contribution is 2.44. The van der Waals surface area contributed by atoms with Crippen LogP contribution in [-0.2, 0) is 9.84 Å². The molecule has 0 aromatic heterocycles. The summed E-state index contributed by atoms with van der Waals surface area (Å²) in [5, 5.41) is 0. The molecule has 0 aromatic carbocycles. The lowest BCUT2D eigenvalue weighted by Crippen LogP contribution is -2.39. The van der Waals surface area contributed by atoms with Crippen molar-refractivity contribution in [3.05, 3.63) is 24.3 Å².